The number of hydrogen-bond acceptors (Lipinski definition) is 6. The van der Waals surface area contributed by atoms with Crippen LogP contribution in [-0.4, -0.2) is 80.6 Å². The van der Waals surface area contributed by atoms with Gasteiger partial charge in [0.05, 0.1) is 34.4 Å². The molecule has 0 aliphatic heterocycles. The molecule has 0 fully saturated rings. The van der Waals surface area contributed by atoms with E-state index in [1.54, 1.807) is 0 Å². The molecule has 51 heavy (non-hydrogen) atoms. The van der Waals surface area contributed by atoms with Gasteiger partial charge in [0.25, 0.3) is 0 Å². The number of esters is 2. The molecular weight excluding hydrogens is 642 g/mol. The highest BCUT2D eigenvalue weighted by molar-refractivity contribution is 5.72. The number of hydrogen-bond donors (Lipinski definition) is 1. The van der Waals surface area contributed by atoms with Gasteiger partial charge in [-0.3, -0.25) is 9.59 Å². The Bertz CT molecular complexity index is 895. The average molecular weight is 723 g/mol. The minimum absolute atomic E-state index is 0.0563. The zero-order valence-corrected chi connectivity index (χ0v) is 33.8. The lowest BCUT2D eigenvalue weighted by molar-refractivity contribution is -0.887. The lowest BCUT2D eigenvalue weighted by atomic mass is 10.1. The van der Waals surface area contributed by atoms with Gasteiger partial charge in [0.2, 0.25) is 0 Å². The molecule has 298 valence electrons. The molecule has 8 nitrogen and oxygen atoms in total. The molecule has 0 aliphatic rings. The second kappa shape index (κ2) is 34.9. The molecule has 0 heterocycles. The fourth-order valence-corrected chi connectivity index (χ4v) is 6.02. The normalized spacial score (nSPS) is 13.2. The van der Waals surface area contributed by atoms with Gasteiger partial charge >= 0.3 is 17.9 Å². The summed E-state index contributed by atoms with van der Waals surface area (Å²) in [5.74, 6) is -1.49. The number of nitrogens with zero attached hydrogens (tertiary/aromatic N) is 1. The SMILES string of the molecule is CCCCC/C=C\CCCCCCCC(=O)OCC(COCCC(C(=O)O)[N+](C)(C)C)OC(=O)CCCCCCC/C=C\CCCCCCCC. The highest BCUT2D eigenvalue weighted by Crippen LogP contribution is 2.13. The first-order valence-electron chi connectivity index (χ1n) is 20.9. The van der Waals surface area contributed by atoms with E-state index >= 15 is 0 Å². The lowest BCUT2D eigenvalue weighted by Crippen LogP contribution is -2.50. The van der Waals surface area contributed by atoms with Crippen molar-refractivity contribution in [2.75, 3.05) is 41.0 Å². The van der Waals surface area contributed by atoms with E-state index in [0.29, 0.717) is 19.3 Å². The molecule has 0 spiro atoms. The van der Waals surface area contributed by atoms with Crippen molar-refractivity contribution in [2.24, 2.45) is 0 Å². The van der Waals surface area contributed by atoms with Crippen molar-refractivity contribution < 1.29 is 38.2 Å². The largest absolute Gasteiger partial charge is 0.477 e. The molecule has 1 N–H and O–H groups in total. The Labute approximate surface area is 313 Å². The molecule has 0 saturated heterocycles. The Morgan fingerprint density at radius 2 is 0.980 bits per heavy atom. The number of ether oxygens (including phenoxy) is 3. The topological polar surface area (TPSA) is 99.1 Å². The predicted molar refractivity (Wildman–Crippen MR) is 211 cm³/mol. The first-order valence-corrected chi connectivity index (χ1v) is 20.9. The van der Waals surface area contributed by atoms with Crippen molar-refractivity contribution in [3.05, 3.63) is 24.3 Å². The smallest absolute Gasteiger partial charge is 0.362 e. The summed E-state index contributed by atoms with van der Waals surface area (Å²) in [4.78, 5) is 36.8. The maximum Gasteiger partial charge on any atom is 0.362 e. The molecular formula is C43H80NO7+. The maximum atomic E-state index is 12.7. The Kier molecular flexibility index (Phi) is 33.4. The second-order valence-corrected chi connectivity index (χ2v) is 15.2. The number of carboxylic acids is 1. The van der Waals surface area contributed by atoms with Crippen LogP contribution in [0.2, 0.25) is 0 Å². The maximum absolute atomic E-state index is 12.7. The van der Waals surface area contributed by atoms with Crippen molar-refractivity contribution in [2.45, 2.75) is 193 Å². The van der Waals surface area contributed by atoms with E-state index in [9.17, 15) is 19.5 Å². The third kappa shape index (κ3) is 33.4. The predicted octanol–water partition coefficient (Wildman–Crippen LogP) is 10.9. The van der Waals surface area contributed by atoms with Crippen LogP contribution < -0.4 is 0 Å². The van der Waals surface area contributed by atoms with E-state index in [1.807, 2.05) is 21.1 Å². The number of allylic oxidation sites excluding steroid dienone is 4. The lowest BCUT2D eigenvalue weighted by Gasteiger charge is -2.31. The van der Waals surface area contributed by atoms with Gasteiger partial charge in [-0.15, -0.1) is 0 Å². The van der Waals surface area contributed by atoms with Gasteiger partial charge in [-0.2, -0.15) is 0 Å². The highest BCUT2D eigenvalue weighted by atomic mass is 16.6. The summed E-state index contributed by atoms with van der Waals surface area (Å²) >= 11 is 0. The number of carbonyl (C=O) groups excluding carboxylic acids is 2. The summed E-state index contributed by atoms with van der Waals surface area (Å²) in [5, 5.41) is 9.59. The van der Waals surface area contributed by atoms with E-state index in [1.165, 1.54) is 83.5 Å². The minimum Gasteiger partial charge on any atom is -0.477 e. The van der Waals surface area contributed by atoms with E-state index in [-0.39, 0.29) is 36.2 Å². The first kappa shape index (κ1) is 48.8. The molecule has 0 aliphatic carbocycles. The molecule has 0 bridgehead atoms. The van der Waals surface area contributed by atoms with Gasteiger partial charge in [0, 0.05) is 19.3 Å². The van der Waals surface area contributed by atoms with Crippen LogP contribution in [0.15, 0.2) is 24.3 Å². The molecule has 8 heteroatoms. The molecule has 2 atom stereocenters. The van der Waals surface area contributed by atoms with E-state index < -0.39 is 18.1 Å². The third-order valence-electron chi connectivity index (χ3n) is 9.32. The summed E-state index contributed by atoms with van der Waals surface area (Å²) in [5.41, 5.74) is 0. The molecule has 0 saturated carbocycles. The summed E-state index contributed by atoms with van der Waals surface area (Å²) in [6.45, 7) is 4.69. The molecule has 0 rings (SSSR count). The summed E-state index contributed by atoms with van der Waals surface area (Å²) in [6, 6.07) is -0.614. The molecule has 0 aromatic carbocycles. The number of quaternary nitrogens is 1. The van der Waals surface area contributed by atoms with Crippen LogP contribution in [-0.2, 0) is 28.6 Å². The summed E-state index contributed by atoms with van der Waals surface area (Å²) < 4.78 is 17.2. The van der Waals surface area contributed by atoms with Gasteiger partial charge in [-0.1, -0.05) is 122 Å². The molecule has 0 aromatic rings. The average Bonchev–Trinajstić information content (AvgIpc) is 3.08. The number of carboxylic acid groups (broad SMARTS) is 1. The van der Waals surface area contributed by atoms with Crippen molar-refractivity contribution >= 4 is 17.9 Å². The zero-order valence-electron chi connectivity index (χ0n) is 33.8. The van der Waals surface area contributed by atoms with Crippen molar-refractivity contribution in [3.63, 3.8) is 0 Å². The van der Waals surface area contributed by atoms with Gasteiger partial charge < -0.3 is 23.8 Å². The summed E-state index contributed by atoms with van der Waals surface area (Å²) in [6.07, 6.45) is 36.4. The molecule has 0 aromatic heterocycles. The standard InChI is InChI=1S/C43H79NO7/c1-6-8-10-12-14-16-18-20-21-22-24-26-28-30-32-34-42(46)51-39(37-49-36-35-40(43(47)48)44(3,4)5)38-50-41(45)33-31-29-27-25-23-19-17-15-13-11-9-7-2/h15,17,20-21,39-40H,6-14,16,18-19,22-38H2,1-5H3/p+1/b17-15-,21-20-. The monoisotopic (exact) mass is 723 g/mol. The number of carbonyl (C=O) groups is 3. The Morgan fingerprint density at radius 3 is 1.45 bits per heavy atom. The van der Waals surface area contributed by atoms with E-state index in [4.69, 9.17) is 14.2 Å². The Morgan fingerprint density at radius 1 is 0.569 bits per heavy atom. The Balaban J connectivity index is 4.40. The highest BCUT2D eigenvalue weighted by Gasteiger charge is 2.31. The zero-order chi connectivity index (χ0) is 37.8. The fourth-order valence-electron chi connectivity index (χ4n) is 6.02. The van der Waals surface area contributed by atoms with Crippen molar-refractivity contribution in [3.8, 4) is 0 Å². The fraction of sp³-hybridized carbons (Fsp3) is 0.837. The van der Waals surface area contributed by atoms with Crippen molar-refractivity contribution in [1.29, 1.82) is 0 Å². The number of likely N-dealkylation sites (N-methyl/N-ethyl adjacent to an activating group) is 1. The molecule has 0 radical (unpaired) electrons. The van der Waals surface area contributed by atoms with Crippen molar-refractivity contribution in [1.82, 2.24) is 0 Å². The van der Waals surface area contributed by atoms with Crippen LogP contribution in [0.4, 0.5) is 0 Å². The van der Waals surface area contributed by atoms with Gasteiger partial charge in [0.1, 0.15) is 6.61 Å². The van der Waals surface area contributed by atoms with Crippen LogP contribution in [0.1, 0.15) is 181 Å². The number of unbranched alkanes of at least 4 members (excludes halogenated alkanes) is 19. The quantitative estimate of drug-likeness (QED) is 0.0295. The van der Waals surface area contributed by atoms with Crippen LogP contribution in [0.25, 0.3) is 0 Å². The van der Waals surface area contributed by atoms with E-state index in [0.717, 1.165) is 64.2 Å². The van der Waals surface area contributed by atoms with Crippen LogP contribution in [0.3, 0.4) is 0 Å². The van der Waals surface area contributed by atoms with Crippen LogP contribution in [0, 0.1) is 0 Å². The number of rotatable bonds is 37. The van der Waals surface area contributed by atoms with E-state index in [2.05, 4.69) is 38.2 Å². The molecule has 0 amide bonds. The van der Waals surface area contributed by atoms with Gasteiger partial charge in [0.15, 0.2) is 12.1 Å². The molecule has 2 unspecified atom stereocenters. The number of aliphatic carboxylic acids is 1. The third-order valence-corrected chi connectivity index (χ3v) is 9.32. The Hall–Kier alpha value is -2.19. The summed E-state index contributed by atoms with van der Waals surface area (Å²) in [7, 11) is 5.52. The first-order chi connectivity index (χ1) is 24.6. The van der Waals surface area contributed by atoms with Gasteiger partial charge in [-0.05, 0) is 64.2 Å². The van der Waals surface area contributed by atoms with Crippen LogP contribution >= 0.6 is 0 Å². The van der Waals surface area contributed by atoms with Crippen LogP contribution in [0.5, 0.6) is 0 Å². The second-order valence-electron chi connectivity index (χ2n) is 15.2. The van der Waals surface area contributed by atoms with Gasteiger partial charge in [-0.25, -0.2) is 4.79 Å². The minimum atomic E-state index is -0.877.